The Bertz CT molecular complexity index is 974. The van der Waals surface area contributed by atoms with Crippen LogP contribution in [0.15, 0.2) is 48.7 Å². The summed E-state index contributed by atoms with van der Waals surface area (Å²) in [4.78, 5) is 16.6. The summed E-state index contributed by atoms with van der Waals surface area (Å²) < 4.78 is 15.8. The van der Waals surface area contributed by atoms with Gasteiger partial charge in [0, 0.05) is 24.8 Å². The molecule has 3 aromatic rings. The number of carbonyl (C=O) groups excluding carboxylic acids is 1. The molecule has 10 nitrogen and oxygen atoms in total. The predicted molar refractivity (Wildman–Crippen MR) is 116 cm³/mol. The monoisotopic (exact) mass is 424 g/mol. The van der Waals surface area contributed by atoms with Crippen LogP contribution in [0.25, 0.3) is 0 Å². The summed E-state index contributed by atoms with van der Waals surface area (Å²) >= 11 is 0. The van der Waals surface area contributed by atoms with Crippen molar-refractivity contribution >= 4 is 23.4 Å². The van der Waals surface area contributed by atoms with Gasteiger partial charge in [0.25, 0.3) is 5.91 Å². The average molecular weight is 424 g/mol. The minimum absolute atomic E-state index is 0.262. The van der Waals surface area contributed by atoms with Gasteiger partial charge < -0.3 is 30.2 Å². The number of nitrogens with one attached hydrogen (secondary N) is 3. The molecule has 2 heterocycles. The minimum atomic E-state index is -0.262. The summed E-state index contributed by atoms with van der Waals surface area (Å²) in [6.07, 6.45) is 1.69. The van der Waals surface area contributed by atoms with Crippen LogP contribution in [0.4, 0.5) is 17.5 Å². The van der Waals surface area contributed by atoms with Crippen molar-refractivity contribution in [3.8, 4) is 17.2 Å². The van der Waals surface area contributed by atoms with E-state index in [1.54, 1.807) is 30.5 Å². The highest BCUT2D eigenvalue weighted by Crippen LogP contribution is 2.38. The molecular weight excluding hydrogens is 400 g/mol. The third-order valence-electron chi connectivity index (χ3n) is 4.23. The van der Waals surface area contributed by atoms with E-state index < -0.39 is 0 Å². The lowest BCUT2D eigenvalue weighted by Gasteiger charge is -2.14. The highest BCUT2D eigenvalue weighted by molar-refractivity contribution is 5.95. The number of carbonyl (C=O) groups is 1. The number of benzene rings is 1. The number of aromatic nitrogens is 3. The van der Waals surface area contributed by atoms with Gasteiger partial charge in [-0.05, 0) is 36.4 Å². The van der Waals surface area contributed by atoms with Gasteiger partial charge in [-0.15, -0.1) is 10.2 Å². The number of pyridine rings is 1. The Morgan fingerprint density at radius 2 is 1.58 bits per heavy atom. The fraction of sp³-hybridized carbons (Fsp3) is 0.238. The Labute approximate surface area is 180 Å². The van der Waals surface area contributed by atoms with Gasteiger partial charge in [0.05, 0.1) is 21.3 Å². The summed E-state index contributed by atoms with van der Waals surface area (Å²) in [6, 6.07) is 12.3. The number of anilines is 3. The standard InChI is InChI=1S/C21H24N6O4/c1-29-15-12-14(13-16(30-2)20(15)31-3)21(28)24-11-10-23-18-7-8-19(27-26-18)25-17-6-4-5-9-22-17/h4-9,12-13H,10-11H2,1-3H3,(H,23,26)(H,24,28)(H,22,25,27). The molecule has 0 fully saturated rings. The van der Waals surface area contributed by atoms with E-state index in [0.29, 0.717) is 53.4 Å². The normalized spacial score (nSPS) is 10.2. The van der Waals surface area contributed by atoms with Crippen LogP contribution in [-0.4, -0.2) is 55.5 Å². The number of amides is 1. The molecule has 3 N–H and O–H groups in total. The minimum Gasteiger partial charge on any atom is -0.493 e. The van der Waals surface area contributed by atoms with Gasteiger partial charge in [-0.2, -0.15) is 0 Å². The Morgan fingerprint density at radius 3 is 2.16 bits per heavy atom. The first-order chi connectivity index (χ1) is 15.1. The molecule has 0 aliphatic carbocycles. The predicted octanol–water partition coefficient (Wildman–Crippen LogP) is 2.48. The fourth-order valence-corrected chi connectivity index (χ4v) is 2.74. The number of rotatable bonds is 10. The molecule has 0 saturated carbocycles. The number of ether oxygens (including phenoxy) is 3. The molecule has 0 unspecified atom stereocenters. The zero-order chi connectivity index (χ0) is 22.1. The average Bonchev–Trinajstić information content (AvgIpc) is 2.82. The van der Waals surface area contributed by atoms with E-state index in [1.165, 1.54) is 21.3 Å². The van der Waals surface area contributed by atoms with Gasteiger partial charge in [-0.25, -0.2) is 4.98 Å². The lowest BCUT2D eigenvalue weighted by atomic mass is 10.1. The molecule has 0 spiro atoms. The first-order valence-corrected chi connectivity index (χ1v) is 9.48. The summed E-state index contributed by atoms with van der Waals surface area (Å²) in [7, 11) is 4.51. The summed E-state index contributed by atoms with van der Waals surface area (Å²) in [5, 5.41) is 17.2. The molecular formula is C21H24N6O4. The molecule has 1 aromatic carbocycles. The Hall–Kier alpha value is -4.08. The quantitative estimate of drug-likeness (QED) is 0.422. The van der Waals surface area contributed by atoms with Gasteiger partial charge >= 0.3 is 0 Å². The van der Waals surface area contributed by atoms with Gasteiger partial charge in [0.2, 0.25) is 5.75 Å². The summed E-state index contributed by atoms with van der Waals surface area (Å²) in [6.45, 7) is 0.850. The zero-order valence-corrected chi connectivity index (χ0v) is 17.5. The lowest BCUT2D eigenvalue weighted by Crippen LogP contribution is -2.29. The Kier molecular flexibility index (Phi) is 7.41. The first kappa shape index (κ1) is 21.6. The van der Waals surface area contributed by atoms with Crippen LogP contribution in [0.5, 0.6) is 17.2 Å². The van der Waals surface area contributed by atoms with Crippen molar-refractivity contribution in [3.63, 3.8) is 0 Å². The third kappa shape index (κ3) is 5.72. The maximum atomic E-state index is 12.5. The summed E-state index contributed by atoms with van der Waals surface area (Å²) in [5.74, 6) is 2.87. The topological polar surface area (TPSA) is 120 Å². The lowest BCUT2D eigenvalue weighted by molar-refractivity contribution is 0.0954. The molecule has 0 atom stereocenters. The SMILES string of the molecule is COc1cc(C(=O)NCCNc2ccc(Nc3ccccn3)nn2)cc(OC)c1OC. The van der Waals surface area contributed by atoms with Crippen molar-refractivity contribution in [3.05, 3.63) is 54.2 Å². The van der Waals surface area contributed by atoms with Crippen LogP contribution in [-0.2, 0) is 0 Å². The largest absolute Gasteiger partial charge is 0.493 e. The van der Waals surface area contributed by atoms with E-state index in [-0.39, 0.29) is 5.91 Å². The molecule has 0 bridgehead atoms. The number of nitrogens with zero attached hydrogens (tertiary/aromatic N) is 3. The Morgan fingerprint density at radius 1 is 0.871 bits per heavy atom. The fourth-order valence-electron chi connectivity index (χ4n) is 2.74. The van der Waals surface area contributed by atoms with E-state index in [0.717, 1.165) is 0 Å². The highest BCUT2D eigenvalue weighted by Gasteiger charge is 2.16. The van der Waals surface area contributed by atoms with Crippen molar-refractivity contribution < 1.29 is 19.0 Å². The second-order valence-electron chi connectivity index (χ2n) is 6.24. The maximum Gasteiger partial charge on any atom is 0.251 e. The van der Waals surface area contributed by atoms with Gasteiger partial charge in [-0.3, -0.25) is 4.79 Å². The molecule has 1 amide bonds. The molecule has 0 saturated heterocycles. The van der Waals surface area contributed by atoms with E-state index in [9.17, 15) is 4.79 Å². The van der Waals surface area contributed by atoms with Crippen molar-refractivity contribution in [1.82, 2.24) is 20.5 Å². The van der Waals surface area contributed by atoms with Gasteiger partial charge in [0.15, 0.2) is 17.3 Å². The van der Waals surface area contributed by atoms with E-state index in [4.69, 9.17) is 14.2 Å². The van der Waals surface area contributed by atoms with Crippen LogP contribution in [0.1, 0.15) is 10.4 Å². The molecule has 3 rings (SSSR count). The van der Waals surface area contributed by atoms with E-state index >= 15 is 0 Å². The highest BCUT2D eigenvalue weighted by atomic mass is 16.5. The van der Waals surface area contributed by atoms with Crippen LogP contribution in [0, 0.1) is 0 Å². The van der Waals surface area contributed by atoms with Crippen molar-refractivity contribution in [1.29, 1.82) is 0 Å². The van der Waals surface area contributed by atoms with Crippen molar-refractivity contribution in [2.24, 2.45) is 0 Å². The van der Waals surface area contributed by atoms with Crippen LogP contribution in [0.2, 0.25) is 0 Å². The second-order valence-corrected chi connectivity index (χ2v) is 6.24. The summed E-state index contributed by atoms with van der Waals surface area (Å²) in [5.41, 5.74) is 0.402. The van der Waals surface area contributed by atoms with Crippen LogP contribution in [0.3, 0.4) is 0 Å². The van der Waals surface area contributed by atoms with Gasteiger partial charge in [0.1, 0.15) is 11.6 Å². The zero-order valence-electron chi connectivity index (χ0n) is 17.5. The van der Waals surface area contributed by atoms with Gasteiger partial charge in [-0.1, -0.05) is 6.07 Å². The smallest absolute Gasteiger partial charge is 0.251 e. The molecule has 2 aromatic heterocycles. The third-order valence-corrected chi connectivity index (χ3v) is 4.23. The van der Waals surface area contributed by atoms with E-state index in [1.807, 2.05) is 18.2 Å². The molecule has 10 heteroatoms. The maximum absolute atomic E-state index is 12.5. The number of hydrogen-bond donors (Lipinski definition) is 3. The Balaban J connectivity index is 1.50. The van der Waals surface area contributed by atoms with Crippen molar-refractivity contribution in [2.75, 3.05) is 45.1 Å². The molecule has 162 valence electrons. The van der Waals surface area contributed by atoms with Crippen LogP contribution < -0.4 is 30.2 Å². The first-order valence-electron chi connectivity index (χ1n) is 9.48. The van der Waals surface area contributed by atoms with Crippen LogP contribution >= 0.6 is 0 Å². The molecule has 0 aliphatic rings. The van der Waals surface area contributed by atoms with E-state index in [2.05, 4.69) is 31.1 Å². The molecule has 0 radical (unpaired) electrons. The molecule has 0 aliphatic heterocycles. The van der Waals surface area contributed by atoms with Crippen molar-refractivity contribution in [2.45, 2.75) is 0 Å². The molecule has 31 heavy (non-hydrogen) atoms. The second kappa shape index (κ2) is 10.6. The number of hydrogen-bond acceptors (Lipinski definition) is 9. The number of methoxy groups -OCH3 is 3.